The highest BCUT2D eigenvalue weighted by Gasteiger charge is 2.55. The van der Waals surface area contributed by atoms with Crippen molar-refractivity contribution in [2.45, 2.75) is 150 Å². The number of benzene rings is 2. The van der Waals surface area contributed by atoms with Crippen LogP contribution in [0.3, 0.4) is 0 Å². The van der Waals surface area contributed by atoms with E-state index in [9.17, 15) is 24.3 Å². The second kappa shape index (κ2) is 24.2. The van der Waals surface area contributed by atoms with Gasteiger partial charge >= 0.3 is 0 Å². The maximum absolute atomic E-state index is 13.2. The lowest BCUT2D eigenvalue weighted by atomic mass is 9.52. The first-order chi connectivity index (χ1) is 29.8. The third-order valence-corrected chi connectivity index (χ3v) is 14.8. The number of anilines is 1. The van der Waals surface area contributed by atoms with E-state index in [1.807, 2.05) is 30.3 Å². The molecule has 3 aliphatic rings. The fourth-order valence-corrected chi connectivity index (χ4v) is 11.3. The Kier molecular flexibility index (Phi) is 19.1. The summed E-state index contributed by atoms with van der Waals surface area (Å²) in [5, 5.41) is 20.3. The summed E-state index contributed by atoms with van der Waals surface area (Å²) in [5.41, 5.74) is 4.18. The number of rotatable bonds is 24. The molecular weight excluding hydrogens is 777 g/mol. The summed E-state index contributed by atoms with van der Waals surface area (Å²) in [6.07, 6.45) is 16.5. The zero-order valence-corrected chi connectivity index (χ0v) is 38.7. The first kappa shape index (κ1) is 49.0. The average Bonchev–Trinajstić information content (AvgIpc) is 3.62. The number of allylic oxidation sites excluding steroid dienone is 1. The van der Waals surface area contributed by atoms with Crippen LogP contribution in [0.2, 0.25) is 0 Å². The molecule has 3 aliphatic carbocycles. The maximum atomic E-state index is 13.2. The summed E-state index contributed by atoms with van der Waals surface area (Å²) in [7, 11) is 0. The molecule has 4 amide bonds. The van der Waals surface area contributed by atoms with Gasteiger partial charge in [0.2, 0.25) is 23.6 Å². The van der Waals surface area contributed by atoms with Crippen molar-refractivity contribution in [3.8, 4) is 0 Å². The molecule has 5 rings (SSSR count). The second-order valence-corrected chi connectivity index (χ2v) is 19.5. The Labute approximate surface area is 372 Å². The molecule has 10 nitrogen and oxygen atoms in total. The minimum atomic E-state index is -0.932. The SMILES string of the molecule is CCC(CC1=CCC2C(CCC3(C)C(C(C)CCCC(C)C)CCC23)C1C)OCCCNC(=O)CCC(=O)NC(Cc1ccccc1)C(=O)NCC(=O)Nc1ccc(CO)cc1. The van der Waals surface area contributed by atoms with Crippen LogP contribution in [-0.2, 0) is 36.9 Å². The van der Waals surface area contributed by atoms with Crippen molar-refractivity contribution in [3.05, 3.63) is 77.4 Å². The Balaban J connectivity index is 1.00. The largest absolute Gasteiger partial charge is 0.392 e. The normalized spacial score (nSPS) is 24.5. The molecule has 0 aromatic heterocycles. The fraction of sp³-hybridized carbons (Fsp3) is 0.654. The lowest BCUT2D eigenvalue weighted by Crippen LogP contribution is -2.49. The van der Waals surface area contributed by atoms with Gasteiger partial charge in [0.15, 0.2) is 0 Å². The van der Waals surface area contributed by atoms with Crippen LogP contribution >= 0.6 is 0 Å². The van der Waals surface area contributed by atoms with Crippen molar-refractivity contribution in [3.63, 3.8) is 0 Å². The number of aliphatic hydroxyl groups is 1. The Bertz CT molecular complexity index is 1760. The van der Waals surface area contributed by atoms with Gasteiger partial charge in [-0.3, -0.25) is 19.2 Å². The molecule has 2 aromatic rings. The second-order valence-electron chi connectivity index (χ2n) is 19.5. The monoisotopic (exact) mass is 855 g/mol. The standard InChI is InChI=1S/C52H78N4O6/c1-7-42(32-40-19-22-44-43(37(40)5)27-28-52(6)45(23-24-46(44)52)36(4)14-11-13-35(2)3)62-30-12-29-53-48(58)25-26-49(59)56-47(31-38-15-9-8-10-16-38)51(61)54-33-50(60)55-41-20-17-39(34-57)18-21-41/h8-10,15-21,35-37,42-47,57H,7,11-14,22-34H2,1-6H3,(H,53,58)(H,54,61)(H,55,60)(H,56,59). The molecule has 0 aliphatic heterocycles. The molecule has 0 bridgehead atoms. The lowest BCUT2D eigenvalue weighted by Gasteiger charge is -2.53. The van der Waals surface area contributed by atoms with E-state index in [-0.39, 0.29) is 44.4 Å². The van der Waals surface area contributed by atoms with Gasteiger partial charge in [0.25, 0.3) is 0 Å². The van der Waals surface area contributed by atoms with Crippen LogP contribution in [0.5, 0.6) is 0 Å². The molecule has 0 spiro atoms. The number of hydrogen-bond donors (Lipinski definition) is 5. The van der Waals surface area contributed by atoms with Crippen molar-refractivity contribution in [2.75, 3.05) is 25.0 Å². The van der Waals surface area contributed by atoms with Gasteiger partial charge in [0, 0.05) is 38.1 Å². The number of hydrogen-bond acceptors (Lipinski definition) is 6. The molecule has 9 atom stereocenters. The highest BCUT2D eigenvalue weighted by atomic mass is 16.5. The van der Waals surface area contributed by atoms with Gasteiger partial charge in [-0.2, -0.15) is 0 Å². The summed E-state index contributed by atoms with van der Waals surface area (Å²) in [4.78, 5) is 51.4. The topological polar surface area (TPSA) is 146 Å². The number of fused-ring (bicyclic) bond motifs is 3. The smallest absolute Gasteiger partial charge is 0.243 e. The summed E-state index contributed by atoms with van der Waals surface area (Å²) in [5.74, 6) is 4.00. The molecule has 2 fully saturated rings. The average molecular weight is 855 g/mol. The van der Waals surface area contributed by atoms with Crippen LogP contribution in [0.4, 0.5) is 5.69 Å². The summed E-state index contributed by atoms with van der Waals surface area (Å²) in [6.45, 7) is 15.2. The van der Waals surface area contributed by atoms with Gasteiger partial charge in [-0.05, 0) is 121 Å². The fourth-order valence-electron chi connectivity index (χ4n) is 11.3. The molecule has 0 radical (unpaired) electrons. The Hall–Kier alpha value is -4.02. The molecular formula is C52H78N4O6. The maximum Gasteiger partial charge on any atom is 0.243 e. The van der Waals surface area contributed by atoms with Crippen LogP contribution in [0.1, 0.15) is 136 Å². The van der Waals surface area contributed by atoms with Gasteiger partial charge in [0.05, 0.1) is 19.3 Å². The van der Waals surface area contributed by atoms with E-state index in [1.54, 1.807) is 29.8 Å². The molecule has 0 saturated heterocycles. The molecule has 2 aromatic carbocycles. The number of aliphatic hydroxyl groups excluding tert-OH is 1. The van der Waals surface area contributed by atoms with Crippen LogP contribution in [0.25, 0.3) is 0 Å². The van der Waals surface area contributed by atoms with E-state index in [0.717, 1.165) is 53.9 Å². The van der Waals surface area contributed by atoms with Crippen molar-refractivity contribution >= 4 is 29.3 Å². The van der Waals surface area contributed by atoms with Gasteiger partial charge in [0.1, 0.15) is 6.04 Å². The Morgan fingerprint density at radius 2 is 1.58 bits per heavy atom. The first-order valence-electron chi connectivity index (χ1n) is 24.0. The summed E-state index contributed by atoms with van der Waals surface area (Å²) in [6, 6.07) is 15.1. The van der Waals surface area contributed by atoms with E-state index < -0.39 is 23.8 Å². The molecule has 5 N–H and O–H groups in total. The number of ether oxygens (including phenoxy) is 1. The van der Waals surface area contributed by atoms with Crippen LogP contribution in [-0.4, -0.2) is 60.6 Å². The van der Waals surface area contributed by atoms with Crippen LogP contribution < -0.4 is 21.3 Å². The van der Waals surface area contributed by atoms with Gasteiger partial charge < -0.3 is 31.1 Å². The Morgan fingerprint density at radius 1 is 0.839 bits per heavy atom. The van der Waals surface area contributed by atoms with E-state index in [1.165, 1.54) is 51.4 Å². The van der Waals surface area contributed by atoms with Gasteiger partial charge in [-0.1, -0.05) is 115 Å². The molecule has 62 heavy (non-hydrogen) atoms. The molecule has 342 valence electrons. The first-order valence-corrected chi connectivity index (χ1v) is 24.0. The minimum Gasteiger partial charge on any atom is -0.392 e. The van der Waals surface area contributed by atoms with Gasteiger partial charge in [-0.25, -0.2) is 0 Å². The van der Waals surface area contributed by atoms with E-state index in [2.05, 4.69) is 68.9 Å². The predicted octanol–water partition coefficient (Wildman–Crippen LogP) is 8.92. The third kappa shape index (κ3) is 14.0. The zero-order chi connectivity index (χ0) is 44.6. The summed E-state index contributed by atoms with van der Waals surface area (Å²) < 4.78 is 6.39. The predicted molar refractivity (Wildman–Crippen MR) is 248 cm³/mol. The van der Waals surface area contributed by atoms with E-state index in [0.29, 0.717) is 42.2 Å². The summed E-state index contributed by atoms with van der Waals surface area (Å²) >= 11 is 0. The highest BCUT2D eigenvalue weighted by molar-refractivity contribution is 5.96. The van der Waals surface area contributed by atoms with Crippen LogP contribution in [0, 0.1) is 46.8 Å². The van der Waals surface area contributed by atoms with Crippen molar-refractivity contribution < 1.29 is 29.0 Å². The molecule has 9 unspecified atom stereocenters. The molecule has 10 heteroatoms. The number of carbonyl (C=O) groups is 4. The molecule has 0 heterocycles. The number of carbonyl (C=O) groups excluding carboxylic acids is 4. The molecule has 2 saturated carbocycles. The van der Waals surface area contributed by atoms with E-state index in [4.69, 9.17) is 4.74 Å². The van der Waals surface area contributed by atoms with Crippen molar-refractivity contribution in [1.29, 1.82) is 0 Å². The van der Waals surface area contributed by atoms with Crippen molar-refractivity contribution in [1.82, 2.24) is 16.0 Å². The number of amides is 4. The third-order valence-electron chi connectivity index (χ3n) is 14.8. The highest BCUT2D eigenvalue weighted by Crippen LogP contribution is 2.64. The Morgan fingerprint density at radius 3 is 2.29 bits per heavy atom. The van der Waals surface area contributed by atoms with Gasteiger partial charge in [-0.15, -0.1) is 0 Å². The zero-order valence-electron chi connectivity index (χ0n) is 38.7. The van der Waals surface area contributed by atoms with Crippen LogP contribution in [0.15, 0.2) is 66.2 Å². The lowest BCUT2D eigenvalue weighted by molar-refractivity contribution is -0.130. The quantitative estimate of drug-likeness (QED) is 0.0527. The van der Waals surface area contributed by atoms with Crippen molar-refractivity contribution in [2.24, 2.45) is 46.8 Å². The minimum absolute atomic E-state index is 0.00633. The van der Waals surface area contributed by atoms with E-state index >= 15 is 0 Å². The number of nitrogens with one attached hydrogen (secondary N) is 4.